The largest absolute Gasteiger partial charge is 0.384 e. The van der Waals surface area contributed by atoms with Crippen molar-refractivity contribution in [3.05, 3.63) is 29.8 Å². The molecule has 1 aliphatic rings. The highest BCUT2D eigenvalue weighted by Gasteiger charge is 2.27. The van der Waals surface area contributed by atoms with Crippen LogP contribution in [0.4, 0.5) is 0 Å². The first-order chi connectivity index (χ1) is 9.41. The fourth-order valence-corrected chi connectivity index (χ4v) is 2.94. The molecule has 6 nitrogen and oxygen atoms in total. The number of hydrogen-bond acceptors (Lipinski definition) is 4. The van der Waals surface area contributed by atoms with Crippen molar-refractivity contribution in [1.82, 2.24) is 4.90 Å². The van der Waals surface area contributed by atoms with Crippen molar-refractivity contribution < 1.29 is 17.9 Å². The number of hydrogen-bond donors (Lipinski definition) is 1. The average Bonchev–Trinajstić information content (AvgIpc) is 2.86. The summed E-state index contributed by atoms with van der Waals surface area (Å²) >= 11 is 0. The van der Waals surface area contributed by atoms with Crippen LogP contribution < -0.4 is 5.14 Å². The number of nitrogens with two attached hydrogens (primary N) is 1. The van der Waals surface area contributed by atoms with Gasteiger partial charge in [-0.1, -0.05) is 6.07 Å². The van der Waals surface area contributed by atoms with Crippen molar-refractivity contribution in [2.75, 3.05) is 26.8 Å². The fourth-order valence-electron chi connectivity index (χ4n) is 2.38. The molecule has 0 aromatic heterocycles. The Labute approximate surface area is 118 Å². The molecule has 1 atom stereocenters. The maximum absolute atomic E-state index is 12.3. The number of sulfonamides is 1. The topological polar surface area (TPSA) is 89.7 Å². The van der Waals surface area contributed by atoms with E-state index in [1.54, 1.807) is 18.1 Å². The van der Waals surface area contributed by atoms with Gasteiger partial charge in [-0.15, -0.1) is 0 Å². The van der Waals surface area contributed by atoms with Crippen LogP contribution in [0, 0.1) is 5.92 Å². The van der Waals surface area contributed by atoms with E-state index in [4.69, 9.17) is 9.88 Å². The van der Waals surface area contributed by atoms with E-state index in [1.807, 2.05) is 0 Å². The highest BCUT2D eigenvalue weighted by Crippen LogP contribution is 2.20. The highest BCUT2D eigenvalue weighted by molar-refractivity contribution is 7.89. The predicted molar refractivity (Wildman–Crippen MR) is 73.7 cm³/mol. The molecule has 1 amide bonds. The van der Waals surface area contributed by atoms with E-state index in [1.165, 1.54) is 18.2 Å². The molecule has 0 aliphatic carbocycles. The second kappa shape index (κ2) is 5.90. The molecule has 1 aromatic carbocycles. The number of amides is 1. The van der Waals surface area contributed by atoms with Gasteiger partial charge in [0, 0.05) is 31.7 Å². The summed E-state index contributed by atoms with van der Waals surface area (Å²) < 4.78 is 27.7. The maximum Gasteiger partial charge on any atom is 0.253 e. The zero-order chi connectivity index (χ0) is 14.8. The first-order valence-corrected chi connectivity index (χ1v) is 7.87. The maximum atomic E-state index is 12.3. The average molecular weight is 298 g/mol. The third kappa shape index (κ3) is 3.36. The number of benzene rings is 1. The first kappa shape index (κ1) is 15.0. The summed E-state index contributed by atoms with van der Waals surface area (Å²) in [6.45, 7) is 1.92. The van der Waals surface area contributed by atoms with E-state index in [0.29, 0.717) is 31.2 Å². The number of ether oxygens (including phenoxy) is 1. The Balaban J connectivity index is 2.14. The van der Waals surface area contributed by atoms with Crippen LogP contribution in [0.2, 0.25) is 0 Å². The second-order valence-corrected chi connectivity index (χ2v) is 6.50. The van der Waals surface area contributed by atoms with Gasteiger partial charge in [0.15, 0.2) is 0 Å². The van der Waals surface area contributed by atoms with Gasteiger partial charge in [0.2, 0.25) is 10.0 Å². The molecule has 0 spiro atoms. The number of likely N-dealkylation sites (tertiary alicyclic amines) is 1. The Morgan fingerprint density at radius 3 is 2.90 bits per heavy atom. The number of methoxy groups -OCH3 is 1. The minimum Gasteiger partial charge on any atom is -0.384 e. The minimum atomic E-state index is -3.79. The molecule has 1 heterocycles. The summed E-state index contributed by atoms with van der Waals surface area (Å²) in [5.41, 5.74) is 0.342. The van der Waals surface area contributed by atoms with Crippen LogP contribution in [0.5, 0.6) is 0 Å². The van der Waals surface area contributed by atoms with Crippen LogP contribution in [0.1, 0.15) is 16.8 Å². The van der Waals surface area contributed by atoms with Gasteiger partial charge in [0.25, 0.3) is 5.91 Å². The van der Waals surface area contributed by atoms with Gasteiger partial charge in [-0.25, -0.2) is 13.6 Å². The molecule has 20 heavy (non-hydrogen) atoms. The molecule has 2 N–H and O–H groups in total. The molecule has 1 saturated heterocycles. The summed E-state index contributed by atoms with van der Waals surface area (Å²) in [4.78, 5) is 14.0. The van der Waals surface area contributed by atoms with Crippen LogP contribution in [0.15, 0.2) is 29.2 Å². The SMILES string of the molecule is COCC1CCN(C(=O)c2cccc(S(N)(=O)=O)c2)C1. The summed E-state index contributed by atoms with van der Waals surface area (Å²) in [7, 11) is -2.15. The Bertz CT molecular complexity index is 600. The Morgan fingerprint density at radius 2 is 2.25 bits per heavy atom. The predicted octanol–water partition coefficient (Wildman–Crippen LogP) is 0.443. The third-order valence-electron chi connectivity index (χ3n) is 3.38. The molecule has 1 aromatic rings. The molecule has 110 valence electrons. The lowest BCUT2D eigenvalue weighted by Crippen LogP contribution is -2.29. The van der Waals surface area contributed by atoms with E-state index in [2.05, 4.69) is 0 Å². The van der Waals surface area contributed by atoms with Crippen molar-refractivity contribution in [1.29, 1.82) is 0 Å². The molecular weight excluding hydrogens is 280 g/mol. The molecule has 1 fully saturated rings. The lowest BCUT2D eigenvalue weighted by Gasteiger charge is -2.16. The molecule has 1 unspecified atom stereocenters. The molecule has 0 saturated carbocycles. The van der Waals surface area contributed by atoms with Crippen LogP contribution in [-0.4, -0.2) is 46.0 Å². The van der Waals surface area contributed by atoms with E-state index >= 15 is 0 Å². The molecule has 0 radical (unpaired) electrons. The van der Waals surface area contributed by atoms with Crippen molar-refractivity contribution in [2.45, 2.75) is 11.3 Å². The van der Waals surface area contributed by atoms with Gasteiger partial charge in [-0.2, -0.15) is 0 Å². The van der Waals surface area contributed by atoms with Gasteiger partial charge < -0.3 is 9.64 Å². The molecule has 1 aliphatic heterocycles. The van der Waals surface area contributed by atoms with Gasteiger partial charge in [0.05, 0.1) is 11.5 Å². The van der Waals surface area contributed by atoms with Crippen molar-refractivity contribution in [3.8, 4) is 0 Å². The summed E-state index contributed by atoms with van der Waals surface area (Å²) in [5, 5.41) is 5.07. The lowest BCUT2D eigenvalue weighted by molar-refractivity contribution is 0.0775. The number of rotatable bonds is 4. The van der Waals surface area contributed by atoms with E-state index in [0.717, 1.165) is 6.42 Å². The monoisotopic (exact) mass is 298 g/mol. The van der Waals surface area contributed by atoms with Crippen molar-refractivity contribution in [3.63, 3.8) is 0 Å². The van der Waals surface area contributed by atoms with Crippen molar-refractivity contribution in [2.24, 2.45) is 11.1 Å². The van der Waals surface area contributed by atoms with Gasteiger partial charge >= 0.3 is 0 Å². The molecular formula is C13H18N2O4S. The standard InChI is InChI=1S/C13H18N2O4S/c1-19-9-10-5-6-15(8-10)13(16)11-3-2-4-12(7-11)20(14,17)18/h2-4,7,10H,5-6,8-9H2,1H3,(H2,14,17,18). The van der Waals surface area contributed by atoms with Crippen LogP contribution >= 0.6 is 0 Å². The first-order valence-electron chi connectivity index (χ1n) is 6.33. The Hall–Kier alpha value is -1.44. The molecule has 2 rings (SSSR count). The minimum absolute atomic E-state index is 0.0454. The van der Waals surface area contributed by atoms with E-state index in [9.17, 15) is 13.2 Å². The van der Waals surface area contributed by atoms with Crippen LogP contribution in [0.25, 0.3) is 0 Å². The summed E-state index contributed by atoms with van der Waals surface area (Å²) in [5.74, 6) is 0.166. The van der Waals surface area contributed by atoms with Crippen molar-refractivity contribution >= 4 is 15.9 Å². The van der Waals surface area contributed by atoms with Gasteiger partial charge in [0.1, 0.15) is 0 Å². The normalized spacial score (nSPS) is 19.3. The van der Waals surface area contributed by atoms with E-state index < -0.39 is 10.0 Å². The number of carbonyl (C=O) groups excluding carboxylic acids is 1. The van der Waals surface area contributed by atoms with E-state index in [-0.39, 0.29) is 10.8 Å². The Kier molecular flexibility index (Phi) is 4.42. The molecule has 0 bridgehead atoms. The number of carbonyl (C=O) groups is 1. The van der Waals surface area contributed by atoms with Gasteiger partial charge in [-0.3, -0.25) is 4.79 Å². The summed E-state index contributed by atoms with van der Waals surface area (Å²) in [6.07, 6.45) is 0.897. The zero-order valence-electron chi connectivity index (χ0n) is 11.3. The Morgan fingerprint density at radius 1 is 1.50 bits per heavy atom. The zero-order valence-corrected chi connectivity index (χ0v) is 12.1. The summed E-state index contributed by atoms with van der Waals surface area (Å²) in [6, 6.07) is 5.82. The molecule has 7 heteroatoms. The quantitative estimate of drug-likeness (QED) is 0.873. The second-order valence-electron chi connectivity index (χ2n) is 4.93. The number of nitrogens with zero attached hydrogens (tertiary/aromatic N) is 1. The van der Waals surface area contributed by atoms with Crippen LogP contribution in [0.3, 0.4) is 0 Å². The number of primary sulfonamides is 1. The van der Waals surface area contributed by atoms with Crippen LogP contribution in [-0.2, 0) is 14.8 Å². The fraction of sp³-hybridized carbons (Fsp3) is 0.462. The smallest absolute Gasteiger partial charge is 0.253 e. The highest BCUT2D eigenvalue weighted by atomic mass is 32.2. The van der Waals surface area contributed by atoms with Gasteiger partial charge in [-0.05, 0) is 24.6 Å². The third-order valence-corrected chi connectivity index (χ3v) is 4.30. The lowest BCUT2D eigenvalue weighted by atomic mass is 10.1.